The first-order chi connectivity index (χ1) is 10.1. The minimum Gasteiger partial charge on any atom is -0.309 e. The summed E-state index contributed by atoms with van der Waals surface area (Å²) in [4.78, 5) is 1.25. The van der Waals surface area contributed by atoms with Gasteiger partial charge in [-0.3, -0.25) is 0 Å². The van der Waals surface area contributed by atoms with Crippen LogP contribution in [0.5, 0.6) is 0 Å². The lowest BCUT2D eigenvalue weighted by Crippen LogP contribution is -2.16. The number of nitrogens with one attached hydrogen (secondary N) is 1. The van der Waals surface area contributed by atoms with Gasteiger partial charge in [0.05, 0.1) is 10.4 Å². The summed E-state index contributed by atoms with van der Waals surface area (Å²) < 4.78 is 1.98. The third kappa shape index (κ3) is 3.02. The van der Waals surface area contributed by atoms with E-state index in [2.05, 4.69) is 63.7 Å². The molecule has 3 rings (SSSR count). The van der Waals surface area contributed by atoms with E-state index >= 15 is 0 Å². The van der Waals surface area contributed by atoms with Crippen LogP contribution in [0.15, 0.2) is 46.9 Å². The number of rotatable bonds is 3. The molecule has 0 radical (unpaired) electrons. The van der Waals surface area contributed by atoms with Crippen molar-refractivity contribution in [3.63, 3.8) is 0 Å². The van der Waals surface area contributed by atoms with Gasteiger partial charge in [-0.05, 0) is 60.1 Å². The van der Waals surface area contributed by atoms with E-state index in [1.807, 2.05) is 14.0 Å². The molecule has 1 aromatic heterocycles. The zero-order valence-corrected chi connectivity index (χ0v) is 14.9. The largest absolute Gasteiger partial charge is 0.309 e. The minimum absolute atomic E-state index is 0.175. The Hall–Kier alpha value is -0.870. The number of benzene rings is 2. The van der Waals surface area contributed by atoms with Crippen LogP contribution in [0.4, 0.5) is 0 Å². The molecule has 4 heteroatoms. The fourth-order valence-corrected chi connectivity index (χ4v) is 4.25. The van der Waals surface area contributed by atoms with E-state index in [0.29, 0.717) is 0 Å². The van der Waals surface area contributed by atoms with Gasteiger partial charge in [0.15, 0.2) is 0 Å². The summed E-state index contributed by atoms with van der Waals surface area (Å²) in [5, 5.41) is 5.88. The lowest BCUT2D eigenvalue weighted by atomic mass is 10.0. The van der Waals surface area contributed by atoms with E-state index in [-0.39, 0.29) is 6.04 Å². The van der Waals surface area contributed by atoms with Crippen molar-refractivity contribution in [3.8, 4) is 0 Å². The molecule has 0 amide bonds. The second-order valence-electron chi connectivity index (χ2n) is 5.08. The maximum atomic E-state index is 6.22. The van der Waals surface area contributed by atoms with Gasteiger partial charge >= 0.3 is 0 Å². The standard InChI is InChI=1S/C17H15BrClNS/c1-10-7-15(21-17(10)19)16(20-2)13-4-3-12-9-14(18)6-5-11(12)8-13/h3-9,16,20H,1-2H3. The zero-order chi connectivity index (χ0) is 15.0. The van der Waals surface area contributed by atoms with E-state index in [1.54, 1.807) is 11.3 Å². The molecule has 0 aliphatic rings. The highest BCUT2D eigenvalue weighted by Crippen LogP contribution is 2.35. The summed E-state index contributed by atoms with van der Waals surface area (Å²) in [7, 11) is 1.99. The predicted octanol–water partition coefficient (Wildman–Crippen LogP) is 5.93. The Bertz CT molecular complexity index is 777. The Morgan fingerprint density at radius 1 is 1.10 bits per heavy atom. The molecular weight excluding hydrogens is 366 g/mol. The van der Waals surface area contributed by atoms with Gasteiger partial charge in [0.25, 0.3) is 0 Å². The summed E-state index contributed by atoms with van der Waals surface area (Å²) >= 11 is 11.4. The predicted molar refractivity (Wildman–Crippen MR) is 96.6 cm³/mol. The molecule has 21 heavy (non-hydrogen) atoms. The number of aryl methyl sites for hydroxylation is 1. The minimum atomic E-state index is 0.175. The third-order valence-electron chi connectivity index (χ3n) is 3.61. The molecule has 1 unspecified atom stereocenters. The van der Waals surface area contributed by atoms with Crippen LogP contribution < -0.4 is 5.32 Å². The average Bonchev–Trinajstić information content (AvgIpc) is 2.79. The molecule has 2 aromatic carbocycles. The Morgan fingerprint density at radius 2 is 1.81 bits per heavy atom. The molecule has 1 nitrogen and oxygen atoms in total. The van der Waals surface area contributed by atoms with Gasteiger partial charge in [0, 0.05) is 9.35 Å². The number of thiophene rings is 1. The first-order valence-electron chi connectivity index (χ1n) is 6.71. The molecular formula is C17H15BrClNS. The Morgan fingerprint density at radius 3 is 2.48 bits per heavy atom. The first-order valence-corrected chi connectivity index (χ1v) is 8.69. The van der Waals surface area contributed by atoms with Crippen LogP contribution in [-0.4, -0.2) is 7.05 Å². The highest BCUT2D eigenvalue weighted by molar-refractivity contribution is 9.10. The van der Waals surface area contributed by atoms with Gasteiger partial charge in [-0.15, -0.1) is 11.3 Å². The molecule has 0 saturated heterocycles. The molecule has 108 valence electrons. The molecule has 0 fully saturated rings. The number of hydrogen-bond acceptors (Lipinski definition) is 2. The molecule has 0 bridgehead atoms. The fraction of sp³-hybridized carbons (Fsp3) is 0.176. The van der Waals surface area contributed by atoms with Gasteiger partial charge < -0.3 is 5.32 Å². The third-order valence-corrected chi connectivity index (χ3v) is 5.72. The SMILES string of the molecule is CNC(c1ccc2cc(Br)ccc2c1)c1cc(C)c(Cl)s1. The van der Waals surface area contributed by atoms with E-state index in [4.69, 9.17) is 11.6 Å². The van der Waals surface area contributed by atoms with Crippen LogP contribution in [-0.2, 0) is 0 Å². The highest BCUT2D eigenvalue weighted by Gasteiger charge is 2.16. The molecule has 3 aromatic rings. The summed E-state index contributed by atoms with van der Waals surface area (Å²) in [6.45, 7) is 2.05. The smallest absolute Gasteiger partial charge is 0.0961 e. The van der Waals surface area contributed by atoms with Crippen molar-refractivity contribution in [1.29, 1.82) is 0 Å². The van der Waals surface area contributed by atoms with Gasteiger partial charge in [-0.25, -0.2) is 0 Å². The van der Waals surface area contributed by atoms with E-state index in [0.717, 1.165) is 14.4 Å². The second kappa shape index (κ2) is 6.09. The number of hydrogen-bond donors (Lipinski definition) is 1. The van der Waals surface area contributed by atoms with Crippen molar-refractivity contribution < 1.29 is 0 Å². The summed E-state index contributed by atoms with van der Waals surface area (Å²) in [6.07, 6.45) is 0. The van der Waals surface area contributed by atoms with Crippen molar-refractivity contribution in [2.45, 2.75) is 13.0 Å². The maximum absolute atomic E-state index is 6.22. The monoisotopic (exact) mass is 379 g/mol. The van der Waals surface area contributed by atoms with Crippen LogP contribution in [0, 0.1) is 6.92 Å². The van der Waals surface area contributed by atoms with Gasteiger partial charge in [0.1, 0.15) is 0 Å². The molecule has 1 atom stereocenters. The van der Waals surface area contributed by atoms with Crippen molar-refractivity contribution in [2.75, 3.05) is 7.05 Å². The second-order valence-corrected chi connectivity index (χ2v) is 7.68. The van der Waals surface area contributed by atoms with Gasteiger partial charge in [0.2, 0.25) is 0 Å². The molecule has 0 saturated carbocycles. The zero-order valence-electron chi connectivity index (χ0n) is 11.8. The van der Waals surface area contributed by atoms with E-state index < -0.39 is 0 Å². The summed E-state index contributed by atoms with van der Waals surface area (Å²) in [6, 6.07) is 15.3. The summed E-state index contributed by atoms with van der Waals surface area (Å²) in [5.41, 5.74) is 2.40. The average molecular weight is 381 g/mol. The molecule has 1 heterocycles. The maximum Gasteiger partial charge on any atom is 0.0961 e. The van der Waals surface area contributed by atoms with Crippen molar-refractivity contribution >= 4 is 49.6 Å². The van der Waals surface area contributed by atoms with E-state index in [1.165, 1.54) is 21.2 Å². The van der Waals surface area contributed by atoms with Crippen LogP contribution >= 0.6 is 38.9 Å². The van der Waals surface area contributed by atoms with E-state index in [9.17, 15) is 0 Å². The lowest BCUT2D eigenvalue weighted by Gasteiger charge is -2.16. The summed E-state index contributed by atoms with van der Waals surface area (Å²) in [5.74, 6) is 0. The van der Waals surface area contributed by atoms with Gasteiger partial charge in [-0.1, -0.05) is 45.7 Å². The van der Waals surface area contributed by atoms with Gasteiger partial charge in [-0.2, -0.15) is 0 Å². The number of halogens is 2. The highest BCUT2D eigenvalue weighted by atomic mass is 79.9. The fourth-order valence-electron chi connectivity index (χ4n) is 2.51. The number of fused-ring (bicyclic) bond motifs is 1. The van der Waals surface area contributed by atoms with Crippen molar-refractivity contribution in [3.05, 3.63) is 67.3 Å². The normalized spacial score (nSPS) is 12.8. The molecule has 0 spiro atoms. The lowest BCUT2D eigenvalue weighted by molar-refractivity contribution is 0.704. The topological polar surface area (TPSA) is 12.0 Å². The quantitative estimate of drug-likeness (QED) is 0.593. The Balaban J connectivity index is 2.06. The molecule has 0 aliphatic heterocycles. The van der Waals surface area contributed by atoms with Crippen LogP contribution in [0.25, 0.3) is 10.8 Å². The van der Waals surface area contributed by atoms with Crippen LogP contribution in [0.2, 0.25) is 4.34 Å². The van der Waals surface area contributed by atoms with Crippen molar-refractivity contribution in [1.82, 2.24) is 5.32 Å². The Kier molecular flexibility index (Phi) is 4.36. The van der Waals surface area contributed by atoms with Crippen LogP contribution in [0.1, 0.15) is 22.0 Å². The van der Waals surface area contributed by atoms with Crippen molar-refractivity contribution in [2.24, 2.45) is 0 Å². The molecule has 1 N–H and O–H groups in total. The first kappa shape index (κ1) is 15.0. The van der Waals surface area contributed by atoms with Crippen LogP contribution in [0.3, 0.4) is 0 Å². The molecule has 0 aliphatic carbocycles. The Labute approximate surface area is 142 Å².